The fourth-order valence-corrected chi connectivity index (χ4v) is 4.02. The second-order valence-electron chi connectivity index (χ2n) is 7.80. The Morgan fingerprint density at radius 2 is 1.70 bits per heavy atom. The minimum Gasteiger partial charge on any atom is -0.493 e. The second kappa shape index (κ2) is 9.95. The first-order valence-electron chi connectivity index (χ1n) is 10.9. The molecular weight excluding hydrogens is 422 g/mol. The van der Waals surface area contributed by atoms with Crippen LogP contribution in [0.15, 0.2) is 42.5 Å². The number of hydrogen-bond donors (Lipinski definition) is 1. The van der Waals surface area contributed by atoms with E-state index in [0.717, 1.165) is 16.5 Å². The number of para-hydroxylation sites is 1. The van der Waals surface area contributed by atoms with Gasteiger partial charge >= 0.3 is 0 Å². The number of anilines is 1. The van der Waals surface area contributed by atoms with Gasteiger partial charge in [-0.05, 0) is 36.8 Å². The molecule has 1 saturated heterocycles. The van der Waals surface area contributed by atoms with E-state index < -0.39 is 0 Å². The predicted molar refractivity (Wildman–Crippen MR) is 127 cm³/mol. The van der Waals surface area contributed by atoms with Crippen molar-refractivity contribution in [3.63, 3.8) is 0 Å². The lowest BCUT2D eigenvalue weighted by Crippen LogP contribution is -2.40. The largest absolute Gasteiger partial charge is 0.493 e. The quantitative estimate of drug-likeness (QED) is 0.583. The number of hydrogen-bond acceptors (Lipinski definition) is 7. The van der Waals surface area contributed by atoms with Gasteiger partial charge in [0, 0.05) is 18.5 Å². The number of fused-ring (bicyclic) bond motifs is 1. The third-order valence-corrected chi connectivity index (χ3v) is 5.80. The van der Waals surface area contributed by atoms with Crippen LogP contribution in [0.25, 0.3) is 10.9 Å². The molecule has 1 N–H and O–H groups in total. The number of rotatable bonds is 7. The summed E-state index contributed by atoms with van der Waals surface area (Å²) in [5.74, 6) is 2.30. The van der Waals surface area contributed by atoms with Crippen LogP contribution in [-0.2, 0) is 4.74 Å². The lowest BCUT2D eigenvalue weighted by Gasteiger charge is -2.27. The average Bonchev–Trinajstić information content (AvgIpc) is 2.87. The van der Waals surface area contributed by atoms with Crippen LogP contribution in [0.1, 0.15) is 28.9 Å². The summed E-state index contributed by atoms with van der Waals surface area (Å²) in [5.41, 5.74) is 2.32. The minimum atomic E-state index is -0.140. The van der Waals surface area contributed by atoms with Crippen molar-refractivity contribution < 1.29 is 23.7 Å². The smallest absolute Gasteiger partial charge is 0.254 e. The third kappa shape index (κ3) is 4.66. The van der Waals surface area contributed by atoms with Crippen molar-refractivity contribution in [1.29, 1.82) is 0 Å². The molecule has 1 amide bonds. The molecule has 174 valence electrons. The van der Waals surface area contributed by atoms with E-state index in [1.165, 1.54) is 0 Å². The average molecular weight is 452 g/mol. The number of morpholine rings is 1. The van der Waals surface area contributed by atoms with Gasteiger partial charge in [0.1, 0.15) is 5.82 Å². The molecule has 1 fully saturated rings. The van der Waals surface area contributed by atoms with E-state index in [2.05, 4.69) is 5.32 Å². The van der Waals surface area contributed by atoms with Crippen LogP contribution in [0.5, 0.6) is 17.2 Å². The fourth-order valence-electron chi connectivity index (χ4n) is 4.02. The topological polar surface area (TPSA) is 82.2 Å². The maximum absolute atomic E-state index is 13.3. The summed E-state index contributed by atoms with van der Waals surface area (Å²) >= 11 is 0. The van der Waals surface area contributed by atoms with Crippen molar-refractivity contribution in [2.75, 3.05) is 52.9 Å². The minimum absolute atomic E-state index is 0.0135. The standard InChI is InChI=1S/C25H29N3O5/c1-16(17-13-21(30-2)24(32-4)22(14-17)31-3)26-23-15-19(18-7-5-6-8-20(18)27-23)25(29)28-9-11-33-12-10-28/h5-8,13-16H,9-12H2,1-4H3,(H,26,27). The number of benzene rings is 2. The summed E-state index contributed by atoms with van der Waals surface area (Å²) in [6, 6.07) is 13.2. The second-order valence-corrected chi connectivity index (χ2v) is 7.80. The lowest BCUT2D eigenvalue weighted by molar-refractivity contribution is 0.0304. The Hall–Kier alpha value is -3.52. The number of pyridine rings is 1. The van der Waals surface area contributed by atoms with Crippen molar-refractivity contribution >= 4 is 22.6 Å². The van der Waals surface area contributed by atoms with Crippen molar-refractivity contribution in [2.24, 2.45) is 0 Å². The van der Waals surface area contributed by atoms with Crippen LogP contribution in [0, 0.1) is 0 Å². The Morgan fingerprint density at radius 1 is 1.03 bits per heavy atom. The molecule has 4 rings (SSSR count). The number of amides is 1. The Morgan fingerprint density at radius 3 is 2.33 bits per heavy atom. The van der Waals surface area contributed by atoms with E-state index in [4.69, 9.17) is 23.9 Å². The molecular formula is C25H29N3O5. The number of aromatic nitrogens is 1. The molecule has 1 aliphatic rings. The van der Waals surface area contributed by atoms with Crippen molar-refractivity contribution in [2.45, 2.75) is 13.0 Å². The highest BCUT2D eigenvalue weighted by Crippen LogP contribution is 2.40. The van der Waals surface area contributed by atoms with Crippen LogP contribution >= 0.6 is 0 Å². The Labute approximate surface area is 193 Å². The molecule has 0 saturated carbocycles. The molecule has 8 heteroatoms. The van der Waals surface area contributed by atoms with Crippen LogP contribution in [0.4, 0.5) is 5.82 Å². The van der Waals surface area contributed by atoms with E-state index in [1.807, 2.05) is 54.3 Å². The first-order chi connectivity index (χ1) is 16.0. The molecule has 1 atom stereocenters. The zero-order chi connectivity index (χ0) is 23.4. The van der Waals surface area contributed by atoms with Gasteiger partial charge in [-0.3, -0.25) is 4.79 Å². The van der Waals surface area contributed by atoms with Crippen molar-refractivity contribution in [3.05, 3.63) is 53.6 Å². The van der Waals surface area contributed by atoms with Gasteiger partial charge < -0.3 is 29.2 Å². The monoisotopic (exact) mass is 451 g/mol. The van der Waals surface area contributed by atoms with Crippen molar-refractivity contribution in [1.82, 2.24) is 9.88 Å². The Bertz CT molecular complexity index is 1120. The molecule has 2 heterocycles. The first kappa shape index (κ1) is 22.7. The van der Waals surface area contributed by atoms with E-state index in [-0.39, 0.29) is 11.9 Å². The summed E-state index contributed by atoms with van der Waals surface area (Å²) < 4.78 is 21.8. The molecule has 2 aromatic carbocycles. The summed E-state index contributed by atoms with van der Waals surface area (Å²) in [4.78, 5) is 19.9. The van der Waals surface area contributed by atoms with Gasteiger partial charge in [0.25, 0.3) is 5.91 Å². The van der Waals surface area contributed by atoms with Crippen LogP contribution < -0.4 is 19.5 Å². The number of ether oxygens (including phenoxy) is 4. The SMILES string of the molecule is COc1cc(C(C)Nc2cc(C(=O)N3CCOCC3)c3ccccc3n2)cc(OC)c1OC. The van der Waals surface area contributed by atoms with Gasteiger partial charge in [-0.2, -0.15) is 0 Å². The number of nitrogens with zero attached hydrogens (tertiary/aromatic N) is 2. The molecule has 8 nitrogen and oxygen atoms in total. The van der Waals surface area contributed by atoms with Gasteiger partial charge in [-0.1, -0.05) is 18.2 Å². The molecule has 0 radical (unpaired) electrons. The van der Waals surface area contributed by atoms with Gasteiger partial charge in [-0.15, -0.1) is 0 Å². The highest BCUT2D eigenvalue weighted by atomic mass is 16.5. The summed E-state index contributed by atoms with van der Waals surface area (Å²) in [6.07, 6.45) is 0. The summed E-state index contributed by atoms with van der Waals surface area (Å²) in [5, 5.41) is 4.26. The third-order valence-electron chi connectivity index (χ3n) is 5.80. The molecule has 33 heavy (non-hydrogen) atoms. The molecule has 1 unspecified atom stereocenters. The zero-order valence-corrected chi connectivity index (χ0v) is 19.4. The van der Waals surface area contributed by atoms with E-state index in [9.17, 15) is 4.79 Å². The molecule has 1 aliphatic heterocycles. The highest BCUT2D eigenvalue weighted by molar-refractivity contribution is 6.07. The van der Waals surface area contributed by atoms with E-state index in [0.29, 0.717) is 54.9 Å². The normalized spacial score (nSPS) is 14.6. The summed E-state index contributed by atoms with van der Waals surface area (Å²) in [7, 11) is 4.76. The fraction of sp³-hybridized carbons (Fsp3) is 0.360. The maximum Gasteiger partial charge on any atom is 0.254 e. The number of carbonyl (C=O) groups excluding carboxylic acids is 1. The maximum atomic E-state index is 13.3. The Balaban J connectivity index is 1.68. The number of carbonyl (C=O) groups is 1. The van der Waals surface area contributed by atoms with Crippen LogP contribution in [-0.4, -0.2) is 63.4 Å². The van der Waals surface area contributed by atoms with Gasteiger partial charge in [0.05, 0.1) is 51.7 Å². The van der Waals surface area contributed by atoms with E-state index >= 15 is 0 Å². The van der Waals surface area contributed by atoms with Gasteiger partial charge in [-0.25, -0.2) is 4.98 Å². The highest BCUT2D eigenvalue weighted by Gasteiger charge is 2.22. The lowest BCUT2D eigenvalue weighted by atomic mass is 10.1. The van der Waals surface area contributed by atoms with Crippen LogP contribution in [0.3, 0.4) is 0 Å². The zero-order valence-electron chi connectivity index (χ0n) is 19.4. The molecule has 0 bridgehead atoms. The first-order valence-corrected chi connectivity index (χ1v) is 10.9. The molecule has 1 aromatic heterocycles. The number of methoxy groups -OCH3 is 3. The van der Waals surface area contributed by atoms with Gasteiger partial charge in [0.15, 0.2) is 11.5 Å². The number of nitrogens with one attached hydrogen (secondary N) is 1. The van der Waals surface area contributed by atoms with Gasteiger partial charge in [0.2, 0.25) is 5.75 Å². The molecule has 0 aliphatic carbocycles. The predicted octanol–water partition coefficient (Wildman–Crippen LogP) is 3.91. The summed E-state index contributed by atoms with van der Waals surface area (Å²) in [6.45, 7) is 4.29. The Kier molecular flexibility index (Phi) is 6.84. The molecule has 3 aromatic rings. The van der Waals surface area contributed by atoms with Crippen molar-refractivity contribution in [3.8, 4) is 17.2 Å². The molecule has 0 spiro atoms. The van der Waals surface area contributed by atoms with E-state index in [1.54, 1.807) is 21.3 Å². The van der Waals surface area contributed by atoms with Crippen LogP contribution in [0.2, 0.25) is 0 Å².